The molecule has 8 rings (SSSR count). The maximum absolute atomic E-state index is 13.3. The molecule has 0 amide bonds. The van der Waals surface area contributed by atoms with Crippen LogP contribution in [0.4, 0.5) is 0 Å². The van der Waals surface area contributed by atoms with E-state index >= 15 is 0 Å². The van der Waals surface area contributed by atoms with Gasteiger partial charge in [0.25, 0.3) is 0 Å². The molecule has 2 unspecified atom stereocenters. The van der Waals surface area contributed by atoms with Crippen molar-refractivity contribution in [3.63, 3.8) is 0 Å². The predicted molar refractivity (Wildman–Crippen MR) is 206 cm³/mol. The van der Waals surface area contributed by atoms with Crippen LogP contribution in [-0.4, -0.2) is 21.5 Å². The number of benzene rings is 4. The number of hydrogen-bond donors (Lipinski definition) is 4. The second kappa shape index (κ2) is 15.9. The van der Waals surface area contributed by atoms with Crippen molar-refractivity contribution in [3.05, 3.63) is 189 Å². The van der Waals surface area contributed by atoms with Crippen molar-refractivity contribution in [1.29, 1.82) is 0 Å². The normalized spacial score (nSPS) is 12.3. The average molecular weight is 693 g/mol. The standard InChI is InChI=1S/2C21H18N2OS/c2*24-21(18-14-22-19-11-5-4-10-17(18)19)20(15-7-2-1-3-8-15)23-13-16-9-6-12-25-16/h2*1-12,14,20,22-23H,13H2. The molecule has 4 aromatic heterocycles. The Labute approximate surface area is 298 Å². The fourth-order valence-corrected chi connectivity index (χ4v) is 7.42. The summed E-state index contributed by atoms with van der Waals surface area (Å²) in [5.74, 6) is 0.167. The van der Waals surface area contributed by atoms with Crippen molar-refractivity contribution >= 4 is 56.0 Å². The maximum atomic E-state index is 13.3. The van der Waals surface area contributed by atoms with Gasteiger partial charge in [0.1, 0.15) is 0 Å². The molecule has 0 fully saturated rings. The Hall–Kier alpha value is -5.38. The molecule has 4 heterocycles. The van der Waals surface area contributed by atoms with Crippen LogP contribution < -0.4 is 10.6 Å². The van der Waals surface area contributed by atoms with E-state index in [1.54, 1.807) is 22.7 Å². The van der Waals surface area contributed by atoms with Crippen LogP contribution in [0.1, 0.15) is 53.7 Å². The van der Waals surface area contributed by atoms with Gasteiger partial charge >= 0.3 is 0 Å². The van der Waals surface area contributed by atoms with Gasteiger partial charge in [-0.05, 0) is 46.2 Å². The first kappa shape index (κ1) is 33.1. The Bertz CT molecular complexity index is 2110. The van der Waals surface area contributed by atoms with Gasteiger partial charge in [-0.2, -0.15) is 0 Å². The zero-order valence-corrected chi connectivity index (χ0v) is 28.8. The van der Waals surface area contributed by atoms with Crippen LogP contribution in [0.25, 0.3) is 21.8 Å². The van der Waals surface area contributed by atoms with Crippen LogP contribution in [0.3, 0.4) is 0 Å². The van der Waals surface area contributed by atoms with Crippen LogP contribution >= 0.6 is 22.7 Å². The summed E-state index contributed by atoms with van der Waals surface area (Å²) in [6, 6.07) is 43.1. The zero-order chi connectivity index (χ0) is 34.1. The fourth-order valence-electron chi connectivity index (χ4n) is 6.11. The SMILES string of the molecule is O=C(c1c[nH]c2ccccc12)C(NCc1cccs1)c1ccccc1.O=C(c1c[nH]c2ccccc12)C(NCc1cccs1)c1ccccc1. The van der Waals surface area contributed by atoms with Gasteiger partial charge in [-0.25, -0.2) is 0 Å². The second-order valence-electron chi connectivity index (χ2n) is 11.8. The highest BCUT2D eigenvalue weighted by molar-refractivity contribution is 7.10. The van der Waals surface area contributed by atoms with Crippen molar-refractivity contribution < 1.29 is 9.59 Å². The van der Waals surface area contributed by atoms with Gasteiger partial charge in [0.05, 0.1) is 12.1 Å². The van der Waals surface area contributed by atoms with E-state index in [1.165, 1.54) is 9.75 Å². The van der Waals surface area contributed by atoms with E-state index in [0.717, 1.165) is 44.1 Å². The summed E-state index contributed by atoms with van der Waals surface area (Å²) in [4.78, 5) is 35.4. The number of para-hydroxylation sites is 2. The molecule has 0 saturated carbocycles. The van der Waals surface area contributed by atoms with Crippen molar-refractivity contribution in [2.75, 3.05) is 0 Å². The summed E-state index contributed by atoms with van der Waals surface area (Å²) in [5, 5.41) is 12.9. The van der Waals surface area contributed by atoms with Gasteiger partial charge in [-0.15, -0.1) is 22.7 Å². The molecule has 50 heavy (non-hydrogen) atoms. The lowest BCUT2D eigenvalue weighted by Crippen LogP contribution is -2.28. The Morgan fingerprint density at radius 2 is 0.900 bits per heavy atom. The van der Waals surface area contributed by atoms with Crippen molar-refractivity contribution in [2.45, 2.75) is 25.2 Å². The fraction of sp³-hybridized carbons (Fsp3) is 0.0952. The third-order valence-electron chi connectivity index (χ3n) is 8.62. The Balaban J connectivity index is 0.000000157. The summed E-state index contributed by atoms with van der Waals surface area (Å²) in [5.41, 5.74) is 5.38. The van der Waals surface area contributed by atoms with Crippen LogP contribution in [0.5, 0.6) is 0 Å². The van der Waals surface area contributed by atoms with Crippen molar-refractivity contribution in [3.8, 4) is 0 Å². The number of thiophene rings is 2. The molecule has 248 valence electrons. The zero-order valence-electron chi connectivity index (χ0n) is 27.2. The topological polar surface area (TPSA) is 89.8 Å². The number of aromatic nitrogens is 2. The summed E-state index contributed by atoms with van der Waals surface area (Å²) in [6.07, 6.45) is 3.63. The average Bonchev–Trinajstić information content (AvgIpc) is 4.01. The van der Waals surface area contributed by atoms with Gasteiger partial charge < -0.3 is 9.97 Å². The summed E-state index contributed by atoms with van der Waals surface area (Å²) < 4.78 is 0. The number of carbonyl (C=O) groups excluding carboxylic acids is 2. The third kappa shape index (κ3) is 7.59. The molecule has 0 bridgehead atoms. The monoisotopic (exact) mass is 692 g/mol. The molecule has 6 nitrogen and oxygen atoms in total. The van der Waals surface area contributed by atoms with Gasteiger partial charge in [-0.3, -0.25) is 20.2 Å². The maximum Gasteiger partial charge on any atom is 0.186 e. The van der Waals surface area contributed by atoms with Gasteiger partial charge in [0.2, 0.25) is 0 Å². The molecule has 4 aromatic carbocycles. The number of nitrogens with one attached hydrogen (secondary N) is 4. The van der Waals surface area contributed by atoms with E-state index in [2.05, 4.69) is 43.5 Å². The van der Waals surface area contributed by atoms with E-state index in [0.29, 0.717) is 13.1 Å². The van der Waals surface area contributed by atoms with Gasteiger partial charge in [-0.1, -0.05) is 109 Å². The first-order chi connectivity index (χ1) is 24.7. The van der Waals surface area contributed by atoms with Crippen LogP contribution in [0, 0.1) is 0 Å². The number of rotatable bonds is 12. The highest BCUT2D eigenvalue weighted by atomic mass is 32.1. The molecule has 8 heteroatoms. The Morgan fingerprint density at radius 3 is 1.30 bits per heavy atom. The second-order valence-corrected chi connectivity index (χ2v) is 13.9. The number of hydrogen-bond acceptors (Lipinski definition) is 6. The molecule has 0 aliphatic carbocycles. The van der Waals surface area contributed by atoms with E-state index in [9.17, 15) is 9.59 Å². The van der Waals surface area contributed by atoms with Crippen molar-refractivity contribution in [2.24, 2.45) is 0 Å². The van der Waals surface area contributed by atoms with Crippen LogP contribution in [0.2, 0.25) is 0 Å². The molecule has 4 N–H and O–H groups in total. The molecule has 0 saturated heterocycles. The Morgan fingerprint density at radius 1 is 0.500 bits per heavy atom. The van der Waals surface area contributed by atoms with Crippen LogP contribution in [0.15, 0.2) is 157 Å². The van der Waals surface area contributed by atoms with E-state index in [-0.39, 0.29) is 23.7 Å². The molecular weight excluding hydrogens is 657 g/mol. The minimum absolute atomic E-state index is 0.0835. The lowest BCUT2D eigenvalue weighted by molar-refractivity contribution is 0.0936. The number of aromatic amines is 2. The smallest absolute Gasteiger partial charge is 0.186 e. The van der Waals surface area contributed by atoms with E-state index < -0.39 is 0 Å². The number of Topliss-reactive ketones (excluding diaryl/α,β-unsaturated/α-hetero) is 2. The molecule has 2 atom stereocenters. The van der Waals surface area contributed by atoms with E-state index in [1.807, 2.05) is 134 Å². The molecule has 0 radical (unpaired) electrons. The minimum Gasteiger partial charge on any atom is -0.360 e. The predicted octanol–water partition coefficient (Wildman–Crippen LogP) is 9.89. The quantitative estimate of drug-likeness (QED) is 0.0960. The highest BCUT2D eigenvalue weighted by Crippen LogP contribution is 2.27. The molecule has 8 aromatic rings. The number of fused-ring (bicyclic) bond motifs is 2. The lowest BCUT2D eigenvalue weighted by atomic mass is 9.97. The first-order valence-electron chi connectivity index (χ1n) is 16.5. The minimum atomic E-state index is -0.373. The van der Waals surface area contributed by atoms with Crippen LogP contribution in [-0.2, 0) is 13.1 Å². The molecule has 0 aliphatic heterocycles. The first-order valence-corrected chi connectivity index (χ1v) is 18.2. The van der Waals surface area contributed by atoms with Crippen molar-refractivity contribution in [1.82, 2.24) is 20.6 Å². The molecular formula is C42H36N4O2S2. The summed E-state index contributed by atoms with van der Waals surface area (Å²) in [6.45, 7) is 1.34. The largest absolute Gasteiger partial charge is 0.360 e. The summed E-state index contributed by atoms with van der Waals surface area (Å²) in [7, 11) is 0. The molecule has 0 aliphatic rings. The third-order valence-corrected chi connectivity index (χ3v) is 10.4. The molecule has 0 spiro atoms. The summed E-state index contributed by atoms with van der Waals surface area (Å²) >= 11 is 3.38. The van der Waals surface area contributed by atoms with E-state index in [4.69, 9.17) is 0 Å². The number of carbonyl (C=O) groups is 2. The van der Waals surface area contributed by atoms with Gasteiger partial charge in [0, 0.05) is 68.2 Å². The highest BCUT2D eigenvalue weighted by Gasteiger charge is 2.25. The van der Waals surface area contributed by atoms with Gasteiger partial charge in [0.15, 0.2) is 11.6 Å². The lowest BCUT2D eigenvalue weighted by Gasteiger charge is -2.17. The number of H-pyrrole nitrogens is 2. The number of ketones is 2. The Kier molecular flexibility index (Phi) is 10.5.